The maximum absolute atomic E-state index is 12.2. The molecule has 1 amide bonds. The fourth-order valence-corrected chi connectivity index (χ4v) is 2.42. The summed E-state index contributed by atoms with van der Waals surface area (Å²) in [5, 5.41) is 2.85. The monoisotopic (exact) mass is 319 g/mol. The predicted molar refractivity (Wildman–Crippen MR) is 81.1 cm³/mol. The van der Waals surface area contributed by atoms with Crippen molar-refractivity contribution in [2.45, 2.75) is 6.92 Å². The Hall–Kier alpha value is -1.85. The van der Waals surface area contributed by atoms with Crippen LogP contribution in [-0.4, -0.2) is 5.91 Å². The van der Waals surface area contributed by atoms with Crippen molar-refractivity contribution in [1.82, 2.24) is 0 Å². The first-order chi connectivity index (χ1) is 9.10. The molecule has 5 heteroatoms. The minimum absolute atomic E-state index is 0.203. The van der Waals surface area contributed by atoms with Crippen LogP contribution >= 0.6 is 15.9 Å². The van der Waals surface area contributed by atoms with Gasteiger partial charge in [0.05, 0.1) is 11.3 Å². The van der Waals surface area contributed by atoms with Gasteiger partial charge in [0.2, 0.25) is 0 Å². The molecule has 0 aliphatic carbocycles. The number of hydrogen-bond acceptors (Lipinski definition) is 3. The Kier molecular flexibility index (Phi) is 4.19. The van der Waals surface area contributed by atoms with E-state index >= 15 is 0 Å². The number of nitrogen functional groups attached to an aromatic ring is 1. The van der Waals surface area contributed by atoms with Crippen LogP contribution in [0, 0.1) is 6.92 Å². The van der Waals surface area contributed by atoms with E-state index < -0.39 is 0 Å². The molecule has 2 rings (SSSR count). The maximum atomic E-state index is 12.2. The summed E-state index contributed by atoms with van der Waals surface area (Å²) >= 11 is 3.40. The van der Waals surface area contributed by atoms with Crippen molar-refractivity contribution in [2.75, 3.05) is 10.7 Å². The van der Waals surface area contributed by atoms with Gasteiger partial charge in [0.1, 0.15) is 0 Å². The molecule has 0 saturated carbocycles. The van der Waals surface area contributed by atoms with Crippen molar-refractivity contribution in [1.29, 1.82) is 0 Å². The van der Waals surface area contributed by atoms with Crippen LogP contribution in [-0.2, 0) is 0 Å². The highest BCUT2D eigenvalue weighted by Gasteiger charge is 2.10. The summed E-state index contributed by atoms with van der Waals surface area (Å²) in [4.78, 5) is 12.2. The van der Waals surface area contributed by atoms with Crippen LogP contribution in [0.1, 0.15) is 15.9 Å². The highest BCUT2D eigenvalue weighted by molar-refractivity contribution is 9.10. The normalized spacial score (nSPS) is 10.1. The highest BCUT2D eigenvalue weighted by atomic mass is 79.9. The smallest absolute Gasteiger partial charge is 0.257 e. The zero-order valence-corrected chi connectivity index (χ0v) is 12.0. The SMILES string of the molecule is Cc1cc(Br)cc(NC(=O)c2ccccc2NN)c1. The van der Waals surface area contributed by atoms with E-state index in [-0.39, 0.29) is 5.91 Å². The van der Waals surface area contributed by atoms with Gasteiger partial charge in [-0.3, -0.25) is 10.6 Å². The van der Waals surface area contributed by atoms with Crippen molar-refractivity contribution in [3.63, 3.8) is 0 Å². The molecule has 0 unspecified atom stereocenters. The van der Waals surface area contributed by atoms with Gasteiger partial charge in [0.25, 0.3) is 5.91 Å². The number of para-hydroxylation sites is 1. The molecule has 0 spiro atoms. The van der Waals surface area contributed by atoms with Gasteiger partial charge in [-0.2, -0.15) is 0 Å². The number of carbonyl (C=O) groups excluding carboxylic acids is 1. The molecule has 0 saturated heterocycles. The van der Waals surface area contributed by atoms with Gasteiger partial charge in [-0.15, -0.1) is 0 Å². The molecule has 0 aliphatic rings. The molecule has 4 N–H and O–H groups in total. The second-order valence-corrected chi connectivity index (χ2v) is 5.08. The first-order valence-electron chi connectivity index (χ1n) is 5.74. The van der Waals surface area contributed by atoms with E-state index in [2.05, 4.69) is 26.7 Å². The largest absolute Gasteiger partial charge is 0.323 e. The van der Waals surface area contributed by atoms with Gasteiger partial charge in [-0.1, -0.05) is 28.1 Å². The fourth-order valence-electron chi connectivity index (χ4n) is 1.81. The van der Waals surface area contributed by atoms with Gasteiger partial charge in [-0.05, 0) is 42.8 Å². The molecule has 4 nitrogen and oxygen atoms in total. The van der Waals surface area contributed by atoms with E-state index in [0.717, 1.165) is 15.7 Å². The Bertz CT molecular complexity index is 593. The Morgan fingerprint density at radius 3 is 2.63 bits per heavy atom. The number of amides is 1. The number of benzene rings is 2. The highest BCUT2D eigenvalue weighted by Crippen LogP contribution is 2.21. The van der Waals surface area contributed by atoms with Crippen molar-refractivity contribution >= 4 is 33.2 Å². The van der Waals surface area contributed by atoms with Crippen molar-refractivity contribution in [2.24, 2.45) is 5.84 Å². The number of halogens is 1. The van der Waals surface area contributed by atoms with E-state index in [9.17, 15) is 4.79 Å². The van der Waals surface area contributed by atoms with Crippen molar-refractivity contribution in [3.8, 4) is 0 Å². The summed E-state index contributed by atoms with van der Waals surface area (Å²) < 4.78 is 0.924. The summed E-state index contributed by atoms with van der Waals surface area (Å²) in [6.07, 6.45) is 0. The first-order valence-corrected chi connectivity index (χ1v) is 6.53. The van der Waals surface area contributed by atoms with E-state index in [0.29, 0.717) is 11.3 Å². The van der Waals surface area contributed by atoms with Crippen LogP contribution in [0.4, 0.5) is 11.4 Å². The third-order valence-electron chi connectivity index (χ3n) is 2.63. The van der Waals surface area contributed by atoms with Gasteiger partial charge in [0, 0.05) is 10.2 Å². The van der Waals surface area contributed by atoms with Gasteiger partial charge in [-0.25, -0.2) is 0 Å². The standard InChI is InChI=1S/C14H14BrN3O/c1-9-6-10(15)8-11(7-9)17-14(19)12-4-2-3-5-13(12)18-16/h2-8,18H,16H2,1H3,(H,17,19). The van der Waals surface area contributed by atoms with Gasteiger partial charge >= 0.3 is 0 Å². The number of nitrogens with two attached hydrogens (primary N) is 1. The molecule has 0 heterocycles. The van der Waals surface area contributed by atoms with Crippen LogP contribution < -0.4 is 16.6 Å². The Morgan fingerprint density at radius 1 is 1.21 bits per heavy atom. The quantitative estimate of drug-likeness (QED) is 0.600. The predicted octanol–water partition coefficient (Wildman–Crippen LogP) is 3.30. The Morgan fingerprint density at radius 2 is 1.95 bits per heavy atom. The maximum Gasteiger partial charge on any atom is 0.257 e. The lowest BCUT2D eigenvalue weighted by atomic mass is 10.1. The first kappa shape index (κ1) is 13.6. The van der Waals surface area contributed by atoms with Crippen molar-refractivity contribution in [3.05, 3.63) is 58.1 Å². The Balaban J connectivity index is 2.25. The van der Waals surface area contributed by atoms with Gasteiger partial charge in [0.15, 0.2) is 0 Å². The molecule has 19 heavy (non-hydrogen) atoms. The zero-order valence-electron chi connectivity index (χ0n) is 10.4. The molecule has 98 valence electrons. The lowest BCUT2D eigenvalue weighted by Crippen LogP contribution is -2.17. The summed E-state index contributed by atoms with van der Waals surface area (Å²) in [5.41, 5.74) is 5.41. The number of aryl methyl sites for hydroxylation is 1. The summed E-state index contributed by atoms with van der Waals surface area (Å²) in [5.74, 6) is 5.19. The average Bonchev–Trinajstić information content (AvgIpc) is 2.37. The number of hydrazine groups is 1. The second-order valence-electron chi connectivity index (χ2n) is 4.16. The molecular formula is C14H14BrN3O. The topological polar surface area (TPSA) is 67.2 Å². The zero-order chi connectivity index (χ0) is 13.8. The average molecular weight is 320 g/mol. The molecule has 2 aromatic rings. The molecule has 0 bridgehead atoms. The molecule has 0 aromatic heterocycles. The summed E-state index contributed by atoms with van der Waals surface area (Å²) in [6.45, 7) is 1.97. The Labute approximate surface area is 120 Å². The van der Waals surface area contributed by atoms with E-state index in [1.54, 1.807) is 18.2 Å². The number of carbonyl (C=O) groups is 1. The number of anilines is 2. The molecular weight excluding hydrogens is 306 g/mol. The van der Waals surface area contributed by atoms with Crippen LogP contribution in [0.3, 0.4) is 0 Å². The summed E-state index contributed by atoms with van der Waals surface area (Å²) in [7, 11) is 0. The molecule has 0 fully saturated rings. The molecule has 0 atom stereocenters. The fraction of sp³-hybridized carbons (Fsp3) is 0.0714. The minimum Gasteiger partial charge on any atom is -0.323 e. The van der Waals surface area contributed by atoms with Crippen molar-refractivity contribution < 1.29 is 4.79 Å². The van der Waals surface area contributed by atoms with Crippen LogP contribution in [0.2, 0.25) is 0 Å². The van der Waals surface area contributed by atoms with E-state index in [4.69, 9.17) is 5.84 Å². The number of rotatable bonds is 3. The third kappa shape index (κ3) is 3.33. The van der Waals surface area contributed by atoms with Crippen LogP contribution in [0.15, 0.2) is 46.9 Å². The molecule has 0 aliphatic heterocycles. The number of hydrogen-bond donors (Lipinski definition) is 3. The minimum atomic E-state index is -0.203. The van der Waals surface area contributed by atoms with E-state index in [1.807, 2.05) is 31.2 Å². The summed E-state index contributed by atoms with van der Waals surface area (Å²) in [6, 6.07) is 12.8. The third-order valence-corrected chi connectivity index (χ3v) is 3.09. The lowest BCUT2D eigenvalue weighted by molar-refractivity contribution is 0.102. The van der Waals surface area contributed by atoms with Crippen LogP contribution in [0.5, 0.6) is 0 Å². The second kappa shape index (κ2) is 5.86. The van der Waals surface area contributed by atoms with Crippen LogP contribution in [0.25, 0.3) is 0 Å². The lowest BCUT2D eigenvalue weighted by Gasteiger charge is -2.10. The number of nitrogens with one attached hydrogen (secondary N) is 2. The molecule has 2 aromatic carbocycles. The van der Waals surface area contributed by atoms with E-state index in [1.165, 1.54) is 0 Å². The van der Waals surface area contributed by atoms with Gasteiger partial charge < -0.3 is 10.7 Å². The molecule has 0 radical (unpaired) electrons.